The number of carbonyl (C=O) groups is 1. The summed E-state index contributed by atoms with van der Waals surface area (Å²) in [7, 11) is 0. The van der Waals surface area contributed by atoms with Crippen molar-refractivity contribution < 1.29 is 9.90 Å². The van der Waals surface area contributed by atoms with Gasteiger partial charge < -0.3 is 5.11 Å². The first-order valence-corrected chi connectivity index (χ1v) is 3.70. The Hall–Kier alpha value is -0.790. The van der Waals surface area contributed by atoms with Crippen molar-refractivity contribution in [1.29, 1.82) is 0 Å². The summed E-state index contributed by atoms with van der Waals surface area (Å²) in [5, 5.41) is 9.19. The van der Waals surface area contributed by atoms with E-state index in [1.807, 2.05) is 6.92 Å². The second-order valence-electron chi connectivity index (χ2n) is 2.56. The molecule has 1 aliphatic carbocycles. The number of allylic oxidation sites excluding steroid dienone is 2. The smallest absolute Gasteiger partial charge is 0.162 e. The molecule has 2 nitrogen and oxygen atoms in total. The van der Waals surface area contributed by atoms with Gasteiger partial charge in [0.15, 0.2) is 5.78 Å². The van der Waals surface area contributed by atoms with Crippen molar-refractivity contribution in [3.8, 4) is 0 Å². The predicted octanol–water partition coefficient (Wildman–Crippen LogP) is 1.96. The summed E-state index contributed by atoms with van der Waals surface area (Å²) in [6.07, 6.45) is 2.90. The topological polar surface area (TPSA) is 37.3 Å². The molecule has 1 fully saturated rings. The highest BCUT2D eigenvalue weighted by Gasteiger charge is 2.19. The van der Waals surface area contributed by atoms with Crippen LogP contribution in [0, 0.1) is 0 Å². The molecule has 0 heterocycles. The molecule has 1 saturated carbocycles. The van der Waals surface area contributed by atoms with E-state index >= 15 is 0 Å². The van der Waals surface area contributed by atoms with E-state index in [1.165, 1.54) is 0 Å². The molecule has 0 spiro atoms. The van der Waals surface area contributed by atoms with Gasteiger partial charge in [0.05, 0.1) is 5.76 Å². The zero-order valence-electron chi connectivity index (χ0n) is 6.18. The Morgan fingerprint density at radius 1 is 1.60 bits per heavy atom. The largest absolute Gasteiger partial charge is 0.512 e. The van der Waals surface area contributed by atoms with E-state index in [2.05, 4.69) is 0 Å². The van der Waals surface area contributed by atoms with Crippen LogP contribution in [0.15, 0.2) is 11.3 Å². The third-order valence-electron chi connectivity index (χ3n) is 1.85. The number of Topliss-reactive ketones (excluding diaryl/α,β-unsaturated/α-hetero) is 1. The summed E-state index contributed by atoms with van der Waals surface area (Å²) < 4.78 is 0. The number of hydrogen-bond acceptors (Lipinski definition) is 2. The van der Waals surface area contributed by atoms with Crippen LogP contribution in [0.4, 0.5) is 0 Å². The molecule has 1 N–H and O–H groups in total. The number of hydrogen-bond donors (Lipinski definition) is 1. The molecule has 10 heavy (non-hydrogen) atoms. The van der Waals surface area contributed by atoms with Crippen LogP contribution in [-0.4, -0.2) is 10.9 Å². The lowest BCUT2D eigenvalue weighted by atomic mass is 10.1. The van der Waals surface area contributed by atoms with Gasteiger partial charge in [-0.15, -0.1) is 0 Å². The van der Waals surface area contributed by atoms with E-state index in [0.717, 1.165) is 12.8 Å². The molecular weight excluding hydrogens is 128 g/mol. The van der Waals surface area contributed by atoms with Crippen LogP contribution in [0.1, 0.15) is 32.6 Å². The Morgan fingerprint density at radius 2 is 2.30 bits per heavy atom. The van der Waals surface area contributed by atoms with Crippen molar-refractivity contribution in [2.24, 2.45) is 0 Å². The van der Waals surface area contributed by atoms with Gasteiger partial charge >= 0.3 is 0 Å². The molecule has 0 bridgehead atoms. The molecule has 0 aliphatic heterocycles. The van der Waals surface area contributed by atoms with Crippen molar-refractivity contribution in [2.45, 2.75) is 32.6 Å². The summed E-state index contributed by atoms with van der Waals surface area (Å²) in [6.45, 7) is 1.86. The standard InChI is InChI=1S/C8H12O2/c1-2-7(9)6-4-3-5-8(6)10/h9H,2-5H2,1H3/b7-6+. The van der Waals surface area contributed by atoms with Gasteiger partial charge in [0.1, 0.15) is 0 Å². The monoisotopic (exact) mass is 140 g/mol. The van der Waals surface area contributed by atoms with Gasteiger partial charge in [-0.05, 0) is 12.8 Å². The first-order valence-electron chi connectivity index (χ1n) is 3.70. The zero-order valence-corrected chi connectivity index (χ0v) is 6.18. The first kappa shape index (κ1) is 7.32. The van der Waals surface area contributed by atoms with Crippen LogP contribution in [-0.2, 0) is 4.79 Å². The summed E-state index contributed by atoms with van der Waals surface area (Å²) in [6, 6.07) is 0. The van der Waals surface area contributed by atoms with Gasteiger partial charge in [0.25, 0.3) is 0 Å². The summed E-state index contributed by atoms with van der Waals surface area (Å²) in [4.78, 5) is 11.0. The molecule has 0 amide bonds. The molecule has 2 heteroatoms. The molecule has 0 atom stereocenters. The van der Waals surface area contributed by atoms with Crippen LogP contribution >= 0.6 is 0 Å². The van der Waals surface area contributed by atoms with Gasteiger partial charge in [-0.25, -0.2) is 0 Å². The van der Waals surface area contributed by atoms with Crippen LogP contribution in [0.2, 0.25) is 0 Å². The lowest BCUT2D eigenvalue weighted by molar-refractivity contribution is -0.114. The van der Waals surface area contributed by atoms with Crippen molar-refractivity contribution in [3.63, 3.8) is 0 Å². The maximum Gasteiger partial charge on any atom is 0.162 e. The number of carbonyl (C=O) groups excluding carboxylic acids is 1. The van der Waals surface area contributed by atoms with Crippen LogP contribution in [0.25, 0.3) is 0 Å². The molecular formula is C8H12O2. The second kappa shape index (κ2) is 2.86. The normalized spacial score (nSPS) is 23.5. The Labute approximate surface area is 60.6 Å². The average molecular weight is 140 g/mol. The van der Waals surface area contributed by atoms with Gasteiger partial charge in [-0.1, -0.05) is 6.92 Å². The number of ketones is 1. The fourth-order valence-electron chi connectivity index (χ4n) is 1.23. The maximum absolute atomic E-state index is 11.0. The van der Waals surface area contributed by atoms with Crippen molar-refractivity contribution >= 4 is 5.78 Å². The number of aliphatic hydroxyl groups excluding tert-OH is 1. The highest BCUT2D eigenvalue weighted by atomic mass is 16.3. The molecule has 0 aromatic heterocycles. The van der Waals surface area contributed by atoms with Gasteiger partial charge in [0.2, 0.25) is 0 Å². The minimum Gasteiger partial charge on any atom is -0.512 e. The Bertz CT molecular complexity index is 180. The molecule has 1 rings (SSSR count). The molecule has 1 aliphatic rings. The third kappa shape index (κ3) is 1.20. The third-order valence-corrected chi connectivity index (χ3v) is 1.85. The highest BCUT2D eigenvalue weighted by Crippen LogP contribution is 2.23. The van der Waals surface area contributed by atoms with Crippen molar-refractivity contribution in [2.75, 3.05) is 0 Å². The summed E-state index contributed by atoms with van der Waals surface area (Å²) in [5.41, 5.74) is 0.669. The van der Waals surface area contributed by atoms with E-state index in [-0.39, 0.29) is 5.78 Å². The van der Waals surface area contributed by atoms with Gasteiger partial charge in [0, 0.05) is 18.4 Å². The van der Waals surface area contributed by atoms with Gasteiger partial charge in [-0.3, -0.25) is 4.79 Å². The van der Waals surface area contributed by atoms with Gasteiger partial charge in [-0.2, -0.15) is 0 Å². The first-order chi connectivity index (χ1) is 4.75. The molecule has 0 radical (unpaired) electrons. The van der Waals surface area contributed by atoms with E-state index in [0.29, 0.717) is 24.2 Å². The Morgan fingerprint density at radius 3 is 2.70 bits per heavy atom. The van der Waals surface area contributed by atoms with Crippen molar-refractivity contribution in [3.05, 3.63) is 11.3 Å². The lowest BCUT2D eigenvalue weighted by Crippen LogP contribution is -1.96. The summed E-state index contributed by atoms with van der Waals surface area (Å²) in [5.74, 6) is 0.432. The van der Waals surface area contributed by atoms with Crippen LogP contribution in [0.3, 0.4) is 0 Å². The van der Waals surface area contributed by atoms with E-state index in [4.69, 9.17) is 0 Å². The maximum atomic E-state index is 11.0. The SMILES string of the molecule is CC/C(O)=C1/CCCC1=O. The van der Waals surface area contributed by atoms with Crippen LogP contribution in [0.5, 0.6) is 0 Å². The predicted molar refractivity (Wildman–Crippen MR) is 38.8 cm³/mol. The van der Waals surface area contributed by atoms with E-state index < -0.39 is 0 Å². The highest BCUT2D eigenvalue weighted by molar-refractivity contribution is 5.97. The van der Waals surface area contributed by atoms with E-state index in [1.54, 1.807) is 0 Å². The summed E-state index contributed by atoms with van der Waals surface area (Å²) >= 11 is 0. The molecule has 0 aromatic carbocycles. The Balaban J connectivity index is 2.79. The average Bonchev–Trinajstić information content (AvgIpc) is 2.34. The second-order valence-corrected chi connectivity index (χ2v) is 2.56. The molecule has 56 valence electrons. The molecule has 0 aromatic rings. The van der Waals surface area contributed by atoms with Crippen molar-refractivity contribution in [1.82, 2.24) is 0 Å². The van der Waals surface area contributed by atoms with Crippen LogP contribution < -0.4 is 0 Å². The molecule has 0 unspecified atom stereocenters. The Kier molecular flexibility index (Phi) is 2.10. The minimum atomic E-state index is 0.138. The number of aliphatic hydroxyl groups is 1. The quantitative estimate of drug-likeness (QED) is 0.446. The fourth-order valence-corrected chi connectivity index (χ4v) is 1.23. The number of rotatable bonds is 1. The molecule has 0 saturated heterocycles. The zero-order chi connectivity index (χ0) is 7.56. The fraction of sp³-hybridized carbons (Fsp3) is 0.625. The van der Waals surface area contributed by atoms with E-state index in [9.17, 15) is 9.90 Å². The lowest BCUT2D eigenvalue weighted by Gasteiger charge is -1.97. The minimum absolute atomic E-state index is 0.138.